The lowest BCUT2D eigenvalue weighted by atomic mass is 10.1. The van der Waals surface area contributed by atoms with Crippen molar-refractivity contribution in [2.75, 3.05) is 11.1 Å². The molecule has 5 heteroatoms. The second kappa shape index (κ2) is 5.39. The van der Waals surface area contributed by atoms with Crippen molar-refractivity contribution in [1.82, 2.24) is 4.98 Å². The zero-order valence-corrected chi connectivity index (χ0v) is 10.7. The second-order valence-corrected chi connectivity index (χ2v) is 4.29. The lowest BCUT2D eigenvalue weighted by Crippen LogP contribution is -2.15. The van der Waals surface area contributed by atoms with E-state index < -0.39 is 5.91 Å². The van der Waals surface area contributed by atoms with Crippen LogP contribution in [-0.2, 0) is 6.54 Å². The van der Waals surface area contributed by atoms with E-state index >= 15 is 0 Å². The summed E-state index contributed by atoms with van der Waals surface area (Å²) in [4.78, 5) is 15.3. The van der Waals surface area contributed by atoms with Gasteiger partial charge in [0, 0.05) is 18.9 Å². The molecule has 0 saturated carbocycles. The Morgan fingerprint density at radius 1 is 1.37 bits per heavy atom. The average Bonchev–Trinajstić information content (AvgIpc) is 2.39. The van der Waals surface area contributed by atoms with Gasteiger partial charge in [-0.05, 0) is 36.2 Å². The molecule has 0 spiro atoms. The SMILES string of the molecule is Cc1ccncc1CNc1cccc(C(N)=O)c1N. The van der Waals surface area contributed by atoms with Crippen molar-refractivity contribution in [1.29, 1.82) is 0 Å². The van der Waals surface area contributed by atoms with Crippen LogP contribution in [-0.4, -0.2) is 10.9 Å². The van der Waals surface area contributed by atoms with Gasteiger partial charge in [0.05, 0.1) is 16.9 Å². The topological polar surface area (TPSA) is 94.0 Å². The van der Waals surface area contributed by atoms with Crippen molar-refractivity contribution in [2.45, 2.75) is 13.5 Å². The first-order valence-electron chi connectivity index (χ1n) is 5.91. The molecule has 1 aromatic carbocycles. The van der Waals surface area contributed by atoms with Crippen LogP contribution in [0.15, 0.2) is 36.7 Å². The molecule has 0 aliphatic heterocycles. The number of aromatic nitrogens is 1. The Morgan fingerprint density at radius 2 is 2.16 bits per heavy atom. The Labute approximate surface area is 111 Å². The number of nitrogens with zero attached hydrogens (tertiary/aromatic N) is 1. The Balaban J connectivity index is 2.19. The largest absolute Gasteiger partial charge is 0.396 e. The van der Waals surface area contributed by atoms with E-state index in [0.29, 0.717) is 23.5 Å². The maximum atomic E-state index is 11.2. The number of benzene rings is 1. The van der Waals surface area contributed by atoms with Crippen LogP contribution < -0.4 is 16.8 Å². The van der Waals surface area contributed by atoms with Crippen molar-refractivity contribution >= 4 is 17.3 Å². The molecule has 98 valence electrons. The van der Waals surface area contributed by atoms with Gasteiger partial charge in [-0.25, -0.2) is 0 Å². The third kappa shape index (κ3) is 2.82. The first kappa shape index (κ1) is 12.9. The molecule has 1 amide bonds. The van der Waals surface area contributed by atoms with Gasteiger partial charge in [-0.15, -0.1) is 0 Å². The number of hydrogen-bond donors (Lipinski definition) is 3. The molecule has 0 bridgehead atoms. The van der Waals surface area contributed by atoms with E-state index in [4.69, 9.17) is 11.5 Å². The Hall–Kier alpha value is -2.56. The number of carbonyl (C=O) groups excluding carboxylic acids is 1. The first-order valence-corrected chi connectivity index (χ1v) is 5.91. The lowest BCUT2D eigenvalue weighted by molar-refractivity contribution is 0.100. The molecule has 0 aliphatic carbocycles. The van der Waals surface area contributed by atoms with Gasteiger partial charge < -0.3 is 16.8 Å². The van der Waals surface area contributed by atoms with Crippen LogP contribution in [0.2, 0.25) is 0 Å². The average molecular weight is 256 g/mol. The van der Waals surface area contributed by atoms with E-state index in [2.05, 4.69) is 10.3 Å². The Morgan fingerprint density at radius 3 is 2.84 bits per heavy atom. The van der Waals surface area contributed by atoms with E-state index in [1.807, 2.05) is 19.1 Å². The first-order chi connectivity index (χ1) is 9.09. The van der Waals surface area contributed by atoms with Crippen molar-refractivity contribution in [2.24, 2.45) is 5.73 Å². The molecule has 5 N–H and O–H groups in total. The summed E-state index contributed by atoms with van der Waals surface area (Å²) in [7, 11) is 0. The van der Waals surface area contributed by atoms with Crippen LogP contribution in [0.3, 0.4) is 0 Å². The summed E-state index contributed by atoms with van der Waals surface area (Å²) in [6.07, 6.45) is 3.55. The third-order valence-electron chi connectivity index (χ3n) is 2.99. The minimum atomic E-state index is -0.529. The standard InChI is InChI=1S/C14H16N4O/c1-9-5-6-17-7-10(9)8-18-12-4-2-3-11(13(12)15)14(16)19/h2-7,18H,8,15H2,1H3,(H2,16,19). The quantitative estimate of drug-likeness (QED) is 0.725. The summed E-state index contributed by atoms with van der Waals surface area (Å²) in [6.45, 7) is 2.61. The van der Waals surface area contributed by atoms with Crippen LogP contribution >= 0.6 is 0 Å². The van der Waals surface area contributed by atoms with Gasteiger partial charge in [0.15, 0.2) is 0 Å². The molecule has 0 saturated heterocycles. The summed E-state index contributed by atoms with van der Waals surface area (Å²) in [6, 6.07) is 7.11. The molecular weight excluding hydrogens is 240 g/mol. The Kier molecular flexibility index (Phi) is 3.66. The van der Waals surface area contributed by atoms with Crippen molar-refractivity contribution in [3.8, 4) is 0 Å². The smallest absolute Gasteiger partial charge is 0.250 e. The monoisotopic (exact) mass is 256 g/mol. The molecule has 0 radical (unpaired) electrons. The van der Waals surface area contributed by atoms with Crippen LogP contribution in [0.5, 0.6) is 0 Å². The maximum Gasteiger partial charge on any atom is 0.250 e. The minimum Gasteiger partial charge on any atom is -0.396 e. The molecule has 0 fully saturated rings. The molecular formula is C14H16N4O. The highest BCUT2D eigenvalue weighted by Crippen LogP contribution is 2.23. The summed E-state index contributed by atoms with van der Waals surface area (Å²) in [5, 5.41) is 3.19. The highest BCUT2D eigenvalue weighted by molar-refractivity contribution is 6.00. The molecule has 0 aliphatic rings. The van der Waals surface area contributed by atoms with Gasteiger partial charge in [0.2, 0.25) is 0 Å². The van der Waals surface area contributed by atoms with Crippen LogP contribution in [0.1, 0.15) is 21.5 Å². The summed E-state index contributed by atoms with van der Waals surface area (Å²) >= 11 is 0. The predicted octanol–water partition coefficient (Wildman–Crippen LogP) is 1.68. The second-order valence-electron chi connectivity index (χ2n) is 4.29. The number of carbonyl (C=O) groups is 1. The van der Waals surface area contributed by atoms with Crippen molar-refractivity contribution in [3.05, 3.63) is 53.3 Å². The number of amides is 1. The number of hydrogen-bond acceptors (Lipinski definition) is 4. The minimum absolute atomic E-state index is 0.327. The van der Waals surface area contributed by atoms with E-state index in [1.165, 1.54) is 0 Å². The number of nitrogen functional groups attached to an aromatic ring is 1. The number of para-hydroxylation sites is 1. The zero-order valence-electron chi connectivity index (χ0n) is 10.7. The molecule has 0 atom stereocenters. The summed E-state index contributed by atoms with van der Waals surface area (Å²) < 4.78 is 0. The molecule has 5 nitrogen and oxygen atoms in total. The van der Waals surface area contributed by atoms with Gasteiger partial charge in [0.25, 0.3) is 5.91 Å². The van der Waals surface area contributed by atoms with Crippen LogP contribution in [0.4, 0.5) is 11.4 Å². The number of anilines is 2. The van der Waals surface area contributed by atoms with E-state index in [9.17, 15) is 4.79 Å². The number of pyridine rings is 1. The van der Waals surface area contributed by atoms with Gasteiger partial charge in [-0.1, -0.05) is 6.07 Å². The van der Waals surface area contributed by atoms with Crippen molar-refractivity contribution in [3.63, 3.8) is 0 Å². The van der Waals surface area contributed by atoms with Gasteiger partial charge in [-0.2, -0.15) is 0 Å². The zero-order chi connectivity index (χ0) is 13.8. The lowest BCUT2D eigenvalue weighted by Gasteiger charge is -2.12. The van der Waals surface area contributed by atoms with Crippen molar-refractivity contribution < 1.29 is 4.79 Å². The molecule has 2 rings (SSSR count). The van der Waals surface area contributed by atoms with Gasteiger partial charge >= 0.3 is 0 Å². The number of nitrogens with two attached hydrogens (primary N) is 2. The third-order valence-corrected chi connectivity index (χ3v) is 2.99. The predicted molar refractivity (Wildman–Crippen MR) is 75.7 cm³/mol. The number of nitrogens with one attached hydrogen (secondary N) is 1. The van der Waals surface area contributed by atoms with Crippen LogP contribution in [0, 0.1) is 6.92 Å². The molecule has 0 unspecified atom stereocenters. The highest BCUT2D eigenvalue weighted by Gasteiger charge is 2.09. The van der Waals surface area contributed by atoms with Gasteiger partial charge in [-0.3, -0.25) is 9.78 Å². The fraction of sp³-hybridized carbons (Fsp3) is 0.143. The summed E-state index contributed by atoms with van der Waals surface area (Å²) in [5.41, 5.74) is 14.8. The maximum absolute atomic E-state index is 11.2. The Bertz CT molecular complexity index is 610. The van der Waals surface area contributed by atoms with E-state index in [-0.39, 0.29) is 0 Å². The van der Waals surface area contributed by atoms with E-state index in [1.54, 1.807) is 24.5 Å². The fourth-order valence-electron chi connectivity index (χ4n) is 1.81. The van der Waals surface area contributed by atoms with E-state index in [0.717, 1.165) is 11.1 Å². The molecule has 1 heterocycles. The number of rotatable bonds is 4. The number of primary amides is 1. The summed E-state index contributed by atoms with van der Waals surface area (Å²) in [5.74, 6) is -0.529. The molecule has 2 aromatic rings. The number of aryl methyl sites for hydroxylation is 1. The molecule has 19 heavy (non-hydrogen) atoms. The molecule has 1 aromatic heterocycles. The fourth-order valence-corrected chi connectivity index (χ4v) is 1.81. The highest BCUT2D eigenvalue weighted by atomic mass is 16.1. The normalized spacial score (nSPS) is 10.2. The van der Waals surface area contributed by atoms with Gasteiger partial charge in [0.1, 0.15) is 0 Å². The van der Waals surface area contributed by atoms with Crippen LogP contribution in [0.25, 0.3) is 0 Å².